The zero-order chi connectivity index (χ0) is 15.1. The predicted octanol–water partition coefficient (Wildman–Crippen LogP) is 3.52. The van der Waals surface area contributed by atoms with Gasteiger partial charge in [0.1, 0.15) is 0 Å². The third-order valence-corrected chi connectivity index (χ3v) is 4.41. The second-order valence-electron chi connectivity index (χ2n) is 6.13. The number of nitrogens with one attached hydrogen (secondary N) is 1. The summed E-state index contributed by atoms with van der Waals surface area (Å²) >= 11 is 0. The van der Waals surface area contributed by atoms with Crippen molar-refractivity contribution in [3.05, 3.63) is 35.4 Å². The molecule has 20 heavy (non-hydrogen) atoms. The highest BCUT2D eigenvalue weighted by Gasteiger charge is 2.47. The first-order valence-corrected chi connectivity index (χ1v) is 6.73. The lowest BCUT2D eigenvalue weighted by molar-refractivity contribution is -0.137. The lowest BCUT2D eigenvalue weighted by Crippen LogP contribution is -2.60. The Kier molecular flexibility index (Phi) is 3.86. The van der Waals surface area contributed by atoms with Crippen LogP contribution in [-0.2, 0) is 6.18 Å². The van der Waals surface area contributed by atoms with Crippen molar-refractivity contribution < 1.29 is 18.3 Å². The molecule has 0 amide bonds. The SMILES string of the molecule is CC(NC1CC(O)C1(C)C)c1ccc(C(F)(F)F)cc1. The van der Waals surface area contributed by atoms with Crippen LogP contribution in [-0.4, -0.2) is 17.3 Å². The third-order valence-electron chi connectivity index (χ3n) is 4.41. The lowest BCUT2D eigenvalue weighted by atomic mass is 9.64. The molecule has 0 aliphatic heterocycles. The summed E-state index contributed by atoms with van der Waals surface area (Å²) in [6.45, 7) is 5.89. The number of benzene rings is 1. The van der Waals surface area contributed by atoms with Crippen LogP contribution >= 0.6 is 0 Å². The molecule has 2 nitrogen and oxygen atoms in total. The van der Waals surface area contributed by atoms with Crippen LogP contribution in [0.5, 0.6) is 0 Å². The van der Waals surface area contributed by atoms with Gasteiger partial charge in [0, 0.05) is 17.5 Å². The van der Waals surface area contributed by atoms with E-state index in [9.17, 15) is 18.3 Å². The summed E-state index contributed by atoms with van der Waals surface area (Å²) in [6.07, 6.45) is -3.94. The maximum Gasteiger partial charge on any atom is 0.416 e. The molecule has 3 atom stereocenters. The molecule has 5 heteroatoms. The van der Waals surface area contributed by atoms with Crippen LogP contribution in [0.2, 0.25) is 0 Å². The van der Waals surface area contributed by atoms with Gasteiger partial charge in [-0.1, -0.05) is 26.0 Å². The predicted molar refractivity (Wildman–Crippen MR) is 71.2 cm³/mol. The van der Waals surface area contributed by atoms with Crippen LogP contribution < -0.4 is 5.32 Å². The highest BCUT2D eigenvalue weighted by molar-refractivity contribution is 5.26. The molecule has 1 aliphatic carbocycles. The molecule has 0 heterocycles. The normalized spacial score (nSPS) is 26.9. The molecule has 3 unspecified atom stereocenters. The molecular weight excluding hydrogens is 267 g/mol. The number of hydrogen-bond acceptors (Lipinski definition) is 2. The first-order valence-electron chi connectivity index (χ1n) is 6.73. The van der Waals surface area contributed by atoms with Gasteiger partial charge >= 0.3 is 6.18 Å². The summed E-state index contributed by atoms with van der Waals surface area (Å²) in [6, 6.07) is 5.34. The van der Waals surface area contributed by atoms with E-state index < -0.39 is 11.7 Å². The number of aliphatic hydroxyl groups excluding tert-OH is 1. The molecule has 1 aromatic carbocycles. The molecule has 1 saturated carbocycles. The molecule has 0 spiro atoms. The van der Waals surface area contributed by atoms with E-state index in [4.69, 9.17) is 0 Å². The molecule has 1 fully saturated rings. The van der Waals surface area contributed by atoms with Gasteiger partial charge in [-0.25, -0.2) is 0 Å². The van der Waals surface area contributed by atoms with Crippen molar-refractivity contribution in [3.63, 3.8) is 0 Å². The maximum atomic E-state index is 12.5. The zero-order valence-corrected chi connectivity index (χ0v) is 11.8. The van der Waals surface area contributed by atoms with Crippen molar-refractivity contribution >= 4 is 0 Å². The van der Waals surface area contributed by atoms with Crippen molar-refractivity contribution in [1.29, 1.82) is 0 Å². The fourth-order valence-corrected chi connectivity index (χ4v) is 2.54. The standard InChI is InChI=1S/C15H20F3NO/c1-9(19-12-8-13(20)14(12,2)3)10-4-6-11(7-5-10)15(16,17)18/h4-7,9,12-13,19-20H,8H2,1-3H3. The Morgan fingerprint density at radius 3 is 2.20 bits per heavy atom. The Balaban J connectivity index is 2.02. The van der Waals surface area contributed by atoms with Crippen LogP contribution in [0.4, 0.5) is 13.2 Å². The zero-order valence-electron chi connectivity index (χ0n) is 11.8. The summed E-state index contributed by atoms with van der Waals surface area (Å²) in [7, 11) is 0. The average Bonchev–Trinajstić information content (AvgIpc) is 2.37. The molecule has 112 valence electrons. The number of halogens is 3. The Bertz CT molecular complexity index is 467. The van der Waals surface area contributed by atoms with E-state index in [1.807, 2.05) is 20.8 Å². The molecule has 0 saturated heterocycles. The second kappa shape index (κ2) is 5.04. The Labute approximate surface area is 117 Å². The first-order chi connectivity index (χ1) is 9.12. The van der Waals surface area contributed by atoms with E-state index in [1.54, 1.807) is 0 Å². The van der Waals surface area contributed by atoms with E-state index in [0.717, 1.165) is 17.7 Å². The quantitative estimate of drug-likeness (QED) is 0.891. The lowest BCUT2D eigenvalue weighted by Gasteiger charge is -2.50. The topological polar surface area (TPSA) is 32.3 Å². The van der Waals surface area contributed by atoms with Gasteiger partial charge < -0.3 is 10.4 Å². The molecule has 2 rings (SSSR count). The van der Waals surface area contributed by atoms with Gasteiger partial charge in [-0.15, -0.1) is 0 Å². The summed E-state index contributed by atoms with van der Waals surface area (Å²) in [5, 5.41) is 13.1. The van der Waals surface area contributed by atoms with Gasteiger partial charge in [0.2, 0.25) is 0 Å². The summed E-state index contributed by atoms with van der Waals surface area (Å²) in [4.78, 5) is 0. The molecular formula is C15H20F3NO. The van der Waals surface area contributed by atoms with Gasteiger partial charge in [0.15, 0.2) is 0 Å². The molecule has 0 radical (unpaired) electrons. The van der Waals surface area contributed by atoms with Crippen molar-refractivity contribution in [2.45, 2.75) is 51.6 Å². The van der Waals surface area contributed by atoms with Crippen molar-refractivity contribution in [1.82, 2.24) is 5.32 Å². The van der Waals surface area contributed by atoms with E-state index in [1.165, 1.54) is 12.1 Å². The van der Waals surface area contributed by atoms with Crippen molar-refractivity contribution in [2.24, 2.45) is 5.41 Å². The number of alkyl halides is 3. The highest BCUT2D eigenvalue weighted by atomic mass is 19.4. The smallest absolute Gasteiger partial charge is 0.392 e. The Hall–Kier alpha value is -1.07. The third kappa shape index (κ3) is 2.83. The van der Waals surface area contributed by atoms with Gasteiger partial charge in [-0.3, -0.25) is 0 Å². The summed E-state index contributed by atoms with van der Waals surface area (Å²) in [5.41, 5.74) is -0.0109. The monoisotopic (exact) mass is 287 g/mol. The fraction of sp³-hybridized carbons (Fsp3) is 0.600. The van der Waals surface area contributed by atoms with Crippen LogP contribution in [0.3, 0.4) is 0 Å². The fourth-order valence-electron chi connectivity index (χ4n) is 2.54. The molecule has 1 aromatic rings. The number of aliphatic hydroxyl groups is 1. The Morgan fingerprint density at radius 2 is 1.80 bits per heavy atom. The summed E-state index contributed by atoms with van der Waals surface area (Å²) in [5.74, 6) is 0. The molecule has 0 bridgehead atoms. The van der Waals surface area contributed by atoms with Gasteiger partial charge in [-0.05, 0) is 31.0 Å². The van der Waals surface area contributed by atoms with Gasteiger partial charge in [-0.2, -0.15) is 13.2 Å². The van der Waals surface area contributed by atoms with E-state index >= 15 is 0 Å². The summed E-state index contributed by atoms with van der Waals surface area (Å²) < 4.78 is 37.5. The van der Waals surface area contributed by atoms with Crippen molar-refractivity contribution in [3.8, 4) is 0 Å². The molecule has 0 aromatic heterocycles. The number of rotatable bonds is 3. The van der Waals surface area contributed by atoms with E-state index in [-0.39, 0.29) is 23.6 Å². The van der Waals surface area contributed by atoms with Crippen LogP contribution in [0.25, 0.3) is 0 Å². The first kappa shape index (κ1) is 15.3. The minimum atomic E-state index is -4.30. The van der Waals surface area contributed by atoms with Crippen LogP contribution in [0.1, 0.15) is 44.4 Å². The minimum Gasteiger partial charge on any atom is -0.392 e. The molecule has 2 N–H and O–H groups in total. The van der Waals surface area contributed by atoms with Crippen molar-refractivity contribution in [2.75, 3.05) is 0 Å². The minimum absolute atomic E-state index is 0.0472. The van der Waals surface area contributed by atoms with E-state index in [2.05, 4.69) is 5.32 Å². The second-order valence-corrected chi connectivity index (χ2v) is 6.13. The van der Waals surface area contributed by atoms with Crippen LogP contribution in [0, 0.1) is 5.41 Å². The van der Waals surface area contributed by atoms with E-state index in [0.29, 0.717) is 6.42 Å². The number of hydrogen-bond donors (Lipinski definition) is 2. The molecule has 1 aliphatic rings. The highest BCUT2D eigenvalue weighted by Crippen LogP contribution is 2.41. The average molecular weight is 287 g/mol. The van der Waals surface area contributed by atoms with Gasteiger partial charge in [0.05, 0.1) is 11.7 Å². The largest absolute Gasteiger partial charge is 0.416 e. The maximum absolute atomic E-state index is 12.5. The van der Waals surface area contributed by atoms with Crippen LogP contribution in [0.15, 0.2) is 24.3 Å². The van der Waals surface area contributed by atoms with Gasteiger partial charge in [0.25, 0.3) is 0 Å². The Morgan fingerprint density at radius 1 is 1.25 bits per heavy atom.